The van der Waals surface area contributed by atoms with Gasteiger partial charge < -0.3 is 10.2 Å². The summed E-state index contributed by atoms with van der Waals surface area (Å²) in [4.78, 5) is 21.4. The van der Waals surface area contributed by atoms with Gasteiger partial charge in [0.1, 0.15) is 0 Å². The molecule has 1 atom stereocenters. The second kappa shape index (κ2) is 8.58. The van der Waals surface area contributed by atoms with Gasteiger partial charge in [-0.25, -0.2) is 4.79 Å². The Kier molecular flexibility index (Phi) is 8.17. The number of alkyl halides is 13. The molecule has 0 amide bonds. The Morgan fingerprint density at radius 2 is 1.13 bits per heavy atom. The molecule has 0 heterocycles. The molecule has 0 aromatic heterocycles. The monoisotopic (exact) mass is 496 g/mol. The minimum Gasteiger partial charge on any atom is -0.479 e. The molecule has 0 radical (unpaired) electrons. The first-order chi connectivity index (χ1) is 13.0. The average Bonchev–Trinajstić information content (AvgIpc) is 2.55. The molecule has 0 aliphatic carbocycles. The van der Waals surface area contributed by atoms with Gasteiger partial charge in [0.15, 0.2) is 11.2 Å². The molecule has 0 aliphatic heterocycles. The molecule has 0 rings (SSSR count). The molecule has 0 aliphatic rings. The summed E-state index contributed by atoms with van der Waals surface area (Å²) < 4.78 is 167. The zero-order valence-electron chi connectivity index (χ0n) is 13.7. The quantitative estimate of drug-likeness (QED) is 0.444. The zero-order valence-corrected chi connectivity index (χ0v) is 14.5. The molecular weight excluding hydrogens is 487 g/mol. The SMILES string of the molecule is O=C(CCC(F)(F)C(F)(F)C(F)(F)C(F)(F)C(F)(F)C(F)(F)F)SCC(O)C(=O)O. The third-order valence-corrected chi connectivity index (χ3v) is 4.34. The second-order valence-electron chi connectivity index (χ2n) is 5.54. The Hall–Kier alpha value is -1.46. The Morgan fingerprint density at radius 3 is 1.50 bits per heavy atom. The molecule has 18 heteroatoms. The molecule has 0 spiro atoms. The van der Waals surface area contributed by atoms with Crippen molar-refractivity contribution in [3.8, 4) is 0 Å². The van der Waals surface area contributed by atoms with Gasteiger partial charge in [-0.05, 0) is 0 Å². The second-order valence-corrected chi connectivity index (χ2v) is 6.61. The Labute approximate surface area is 161 Å². The number of hydrogen-bond donors (Lipinski definition) is 2. The summed E-state index contributed by atoms with van der Waals surface area (Å²) in [6, 6.07) is 0. The predicted octanol–water partition coefficient (Wildman–Crippen LogP) is 4.21. The van der Waals surface area contributed by atoms with E-state index in [1.165, 1.54) is 0 Å². The fourth-order valence-corrected chi connectivity index (χ4v) is 2.27. The van der Waals surface area contributed by atoms with Crippen molar-refractivity contribution < 1.29 is 76.9 Å². The van der Waals surface area contributed by atoms with Gasteiger partial charge in [-0.1, -0.05) is 11.8 Å². The van der Waals surface area contributed by atoms with E-state index in [1.807, 2.05) is 0 Å². The lowest BCUT2D eigenvalue weighted by Gasteiger charge is -2.39. The fourth-order valence-electron chi connectivity index (χ4n) is 1.53. The summed E-state index contributed by atoms with van der Waals surface area (Å²) in [7, 11) is 0. The largest absolute Gasteiger partial charge is 0.479 e. The smallest absolute Gasteiger partial charge is 0.460 e. The summed E-state index contributed by atoms with van der Waals surface area (Å²) >= 11 is -0.268. The molecule has 0 aromatic carbocycles. The summed E-state index contributed by atoms with van der Waals surface area (Å²) in [5.41, 5.74) is 0. The van der Waals surface area contributed by atoms with Gasteiger partial charge in [0, 0.05) is 18.6 Å². The van der Waals surface area contributed by atoms with E-state index in [4.69, 9.17) is 10.2 Å². The first-order valence-corrected chi connectivity index (χ1v) is 7.98. The summed E-state index contributed by atoms with van der Waals surface area (Å²) in [6.45, 7) is 0. The van der Waals surface area contributed by atoms with Crippen molar-refractivity contribution in [1.82, 2.24) is 0 Å². The van der Waals surface area contributed by atoms with E-state index in [-0.39, 0.29) is 11.8 Å². The molecule has 30 heavy (non-hydrogen) atoms. The number of carbonyl (C=O) groups excluding carboxylic acids is 1. The highest BCUT2D eigenvalue weighted by molar-refractivity contribution is 8.13. The third-order valence-electron chi connectivity index (χ3n) is 3.33. The van der Waals surface area contributed by atoms with Crippen molar-refractivity contribution in [2.45, 2.75) is 54.7 Å². The molecule has 2 N–H and O–H groups in total. The minimum absolute atomic E-state index is 0.268. The number of aliphatic carboxylic acids is 1. The standard InChI is InChI=1S/C12H9F13O4S/c13-7(14,2-1-5(27)30-3-4(26)6(28)29)8(15,16)9(17,18)10(19,20)11(21,22)12(23,24)25/h4,26H,1-3H2,(H,28,29). The number of aliphatic hydroxyl groups excluding tert-OH is 1. The van der Waals surface area contributed by atoms with Crippen LogP contribution in [0.25, 0.3) is 0 Å². The Bertz CT molecular complexity index is 647. The van der Waals surface area contributed by atoms with Crippen molar-refractivity contribution in [1.29, 1.82) is 0 Å². The van der Waals surface area contributed by atoms with Crippen LogP contribution in [-0.4, -0.2) is 68.9 Å². The van der Waals surface area contributed by atoms with Crippen LogP contribution in [0.15, 0.2) is 0 Å². The number of carboxylic acid groups (broad SMARTS) is 1. The van der Waals surface area contributed by atoms with Crippen LogP contribution < -0.4 is 0 Å². The molecule has 1 unspecified atom stereocenters. The normalized spacial score (nSPS) is 15.8. The number of aliphatic hydroxyl groups is 1. The molecule has 0 saturated carbocycles. The van der Waals surface area contributed by atoms with Gasteiger partial charge in [-0.3, -0.25) is 4.79 Å². The van der Waals surface area contributed by atoms with E-state index in [1.54, 1.807) is 0 Å². The van der Waals surface area contributed by atoms with Crippen molar-refractivity contribution in [2.75, 3.05) is 5.75 Å². The van der Waals surface area contributed by atoms with Crippen LogP contribution in [0.3, 0.4) is 0 Å². The van der Waals surface area contributed by atoms with Crippen LogP contribution in [0.4, 0.5) is 57.1 Å². The molecule has 0 aromatic rings. The van der Waals surface area contributed by atoms with Crippen LogP contribution in [0.2, 0.25) is 0 Å². The van der Waals surface area contributed by atoms with E-state index in [9.17, 15) is 66.7 Å². The lowest BCUT2D eigenvalue weighted by atomic mass is 9.92. The number of thioether (sulfide) groups is 1. The molecule has 0 fully saturated rings. The maximum absolute atomic E-state index is 13.4. The van der Waals surface area contributed by atoms with Crippen molar-refractivity contribution in [3.05, 3.63) is 0 Å². The first kappa shape index (κ1) is 28.5. The van der Waals surface area contributed by atoms with Crippen LogP contribution in [0.1, 0.15) is 12.8 Å². The first-order valence-electron chi connectivity index (χ1n) is 6.99. The maximum atomic E-state index is 13.4. The van der Waals surface area contributed by atoms with Crippen LogP contribution in [-0.2, 0) is 9.59 Å². The lowest BCUT2D eigenvalue weighted by Crippen LogP contribution is -2.70. The van der Waals surface area contributed by atoms with E-state index >= 15 is 0 Å². The van der Waals surface area contributed by atoms with Gasteiger partial charge in [-0.2, -0.15) is 57.1 Å². The fraction of sp³-hybridized carbons (Fsp3) is 0.833. The molecular formula is C12H9F13O4S. The number of halogens is 13. The van der Waals surface area contributed by atoms with Crippen LogP contribution >= 0.6 is 11.8 Å². The highest BCUT2D eigenvalue weighted by Gasteiger charge is 2.90. The van der Waals surface area contributed by atoms with E-state index in [0.29, 0.717) is 0 Å². The lowest BCUT2D eigenvalue weighted by molar-refractivity contribution is -0.440. The number of hydrogen-bond acceptors (Lipinski definition) is 4. The highest BCUT2D eigenvalue weighted by atomic mass is 32.2. The molecule has 178 valence electrons. The minimum atomic E-state index is -8.02. The van der Waals surface area contributed by atoms with Crippen LogP contribution in [0, 0.1) is 0 Å². The van der Waals surface area contributed by atoms with Gasteiger partial charge >= 0.3 is 41.8 Å². The Balaban J connectivity index is 5.61. The van der Waals surface area contributed by atoms with E-state index in [2.05, 4.69) is 0 Å². The topological polar surface area (TPSA) is 74.6 Å². The summed E-state index contributed by atoms with van der Waals surface area (Å²) in [6.07, 6.45) is -14.3. The zero-order chi connectivity index (χ0) is 24.6. The van der Waals surface area contributed by atoms with Gasteiger partial charge in [0.25, 0.3) is 0 Å². The van der Waals surface area contributed by atoms with Crippen molar-refractivity contribution >= 4 is 22.8 Å². The number of carbonyl (C=O) groups is 2. The number of carboxylic acids is 1. The Morgan fingerprint density at radius 1 is 0.733 bits per heavy atom. The molecule has 0 bridgehead atoms. The van der Waals surface area contributed by atoms with Gasteiger partial charge in [0.05, 0.1) is 0 Å². The number of rotatable bonds is 10. The summed E-state index contributed by atoms with van der Waals surface area (Å²) in [5, 5.41) is 15.4. The van der Waals surface area contributed by atoms with Gasteiger partial charge in [-0.15, -0.1) is 0 Å². The average molecular weight is 496 g/mol. The highest BCUT2D eigenvalue weighted by Crippen LogP contribution is 2.60. The predicted molar refractivity (Wildman–Crippen MR) is 71.1 cm³/mol. The summed E-state index contributed by atoms with van der Waals surface area (Å²) in [5.74, 6) is -40.6. The molecule has 4 nitrogen and oxygen atoms in total. The molecule has 0 saturated heterocycles. The third kappa shape index (κ3) is 5.05. The van der Waals surface area contributed by atoms with E-state index < -0.39 is 71.6 Å². The van der Waals surface area contributed by atoms with E-state index in [0.717, 1.165) is 0 Å². The van der Waals surface area contributed by atoms with Crippen LogP contribution in [0.5, 0.6) is 0 Å². The maximum Gasteiger partial charge on any atom is 0.460 e. The van der Waals surface area contributed by atoms with Crippen molar-refractivity contribution in [3.63, 3.8) is 0 Å². The van der Waals surface area contributed by atoms with Gasteiger partial charge in [0.2, 0.25) is 0 Å². The van der Waals surface area contributed by atoms with Crippen molar-refractivity contribution in [2.24, 2.45) is 0 Å².